The van der Waals surface area contributed by atoms with Crippen LogP contribution in [-0.4, -0.2) is 15.2 Å². The van der Waals surface area contributed by atoms with Crippen LogP contribution in [-0.2, 0) is 6.61 Å². The third kappa shape index (κ3) is 2.01. The smallest absolute Gasteiger partial charge is 0.252 e. The standard InChI is InChI=1S/C11H11BrN2O2/c1-6-3-8(4-7(2)10(6)12)11-13-9(5-15)16-14-11/h3-4,15H,5H2,1-2H3. The van der Waals surface area contributed by atoms with E-state index in [0.717, 1.165) is 21.2 Å². The first-order chi connectivity index (χ1) is 7.61. The summed E-state index contributed by atoms with van der Waals surface area (Å²) in [6, 6.07) is 3.95. The van der Waals surface area contributed by atoms with Gasteiger partial charge in [0.25, 0.3) is 5.89 Å². The average Bonchev–Trinajstić information content (AvgIpc) is 2.73. The van der Waals surface area contributed by atoms with Crippen molar-refractivity contribution in [2.24, 2.45) is 0 Å². The Morgan fingerprint density at radius 2 is 1.94 bits per heavy atom. The number of nitrogens with zero attached hydrogens (tertiary/aromatic N) is 2. The molecule has 0 aliphatic heterocycles. The van der Waals surface area contributed by atoms with Gasteiger partial charge in [-0.2, -0.15) is 4.98 Å². The molecule has 0 atom stereocenters. The minimum Gasteiger partial charge on any atom is -0.387 e. The summed E-state index contributed by atoms with van der Waals surface area (Å²) in [6.45, 7) is 3.78. The van der Waals surface area contributed by atoms with Gasteiger partial charge in [-0.1, -0.05) is 21.1 Å². The maximum atomic E-state index is 8.85. The van der Waals surface area contributed by atoms with Crippen molar-refractivity contribution in [1.29, 1.82) is 0 Å². The average molecular weight is 283 g/mol. The zero-order valence-corrected chi connectivity index (χ0v) is 10.6. The molecule has 16 heavy (non-hydrogen) atoms. The fourth-order valence-corrected chi connectivity index (χ4v) is 1.74. The molecule has 0 bridgehead atoms. The molecule has 2 rings (SSSR count). The Morgan fingerprint density at radius 1 is 1.31 bits per heavy atom. The fraction of sp³-hybridized carbons (Fsp3) is 0.273. The number of aromatic nitrogens is 2. The summed E-state index contributed by atoms with van der Waals surface area (Å²) in [5, 5.41) is 12.7. The predicted molar refractivity (Wildman–Crippen MR) is 62.8 cm³/mol. The van der Waals surface area contributed by atoms with E-state index in [1.165, 1.54) is 0 Å². The van der Waals surface area contributed by atoms with Crippen LogP contribution in [0.4, 0.5) is 0 Å². The first-order valence-electron chi connectivity index (χ1n) is 4.82. The Kier molecular flexibility index (Phi) is 3.07. The van der Waals surface area contributed by atoms with E-state index in [1.807, 2.05) is 26.0 Å². The van der Waals surface area contributed by atoms with E-state index in [9.17, 15) is 0 Å². The third-order valence-corrected chi connectivity index (χ3v) is 3.55. The molecule has 1 aromatic carbocycles. The second-order valence-corrected chi connectivity index (χ2v) is 4.39. The summed E-state index contributed by atoms with van der Waals surface area (Å²) in [6.07, 6.45) is 0. The number of aliphatic hydroxyl groups excluding tert-OH is 1. The molecule has 84 valence electrons. The van der Waals surface area contributed by atoms with Gasteiger partial charge in [0.15, 0.2) is 0 Å². The molecule has 0 aliphatic rings. The predicted octanol–water partition coefficient (Wildman–Crippen LogP) is 2.61. The van der Waals surface area contributed by atoms with E-state index in [-0.39, 0.29) is 12.5 Å². The van der Waals surface area contributed by atoms with Crippen LogP contribution in [0.2, 0.25) is 0 Å². The van der Waals surface area contributed by atoms with Crippen molar-refractivity contribution in [1.82, 2.24) is 10.1 Å². The fourth-order valence-electron chi connectivity index (χ4n) is 1.51. The van der Waals surface area contributed by atoms with E-state index in [2.05, 4.69) is 26.1 Å². The Hall–Kier alpha value is -1.20. The lowest BCUT2D eigenvalue weighted by atomic mass is 10.1. The Labute approximate surface area is 101 Å². The number of halogens is 1. The lowest BCUT2D eigenvalue weighted by Crippen LogP contribution is -1.88. The Balaban J connectivity index is 2.48. The van der Waals surface area contributed by atoms with Gasteiger partial charge in [-0.3, -0.25) is 0 Å². The molecular formula is C11H11BrN2O2. The summed E-state index contributed by atoms with van der Waals surface area (Å²) in [5.41, 5.74) is 3.12. The van der Waals surface area contributed by atoms with E-state index in [1.54, 1.807) is 0 Å². The number of rotatable bonds is 2. The SMILES string of the molecule is Cc1cc(-c2noc(CO)n2)cc(C)c1Br. The van der Waals surface area contributed by atoms with Crippen molar-refractivity contribution in [2.45, 2.75) is 20.5 Å². The summed E-state index contributed by atoms with van der Waals surface area (Å²) >= 11 is 3.50. The zero-order chi connectivity index (χ0) is 11.7. The van der Waals surface area contributed by atoms with Gasteiger partial charge < -0.3 is 9.63 Å². The topological polar surface area (TPSA) is 59.2 Å². The highest BCUT2D eigenvalue weighted by molar-refractivity contribution is 9.10. The van der Waals surface area contributed by atoms with Crippen LogP contribution < -0.4 is 0 Å². The van der Waals surface area contributed by atoms with Crippen LogP contribution in [0.25, 0.3) is 11.4 Å². The first-order valence-corrected chi connectivity index (χ1v) is 5.61. The molecule has 1 N–H and O–H groups in total. The van der Waals surface area contributed by atoms with Gasteiger partial charge in [-0.05, 0) is 37.1 Å². The molecule has 2 aromatic rings. The lowest BCUT2D eigenvalue weighted by molar-refractivity contribution is 0.222. The number of hydrogen-bond donors (Lipinski definition) is 1. The molecule has 0 saturated heterocycles. The lowest BCUT2D eigenvalue weighted by Gasteiger charge is -2.04. The van der Waals surface area contributed by atoms with Crippen molar-refractivity contribution in [3.63, 3.8) is 0 Å². The van der Waals surface area contributed by atoms with E-state index >= 15 is 0 Å². The van der Waals surface area contributed by atoms with Crippen molar-refractivity contribution in [2.75, 3.05) is 0 Å². The van der Waals surface area contributed by atoms with Crippen LogP contribution in [0.15, 0.2) is 21.1 Å². The van der Waals surface area contributed by atoms with Crippen LogP contribution in [0.5, 0.6) is 0 Å². The van der Waals surface area contributed by atoms with Gasteiger partial charge in [0.05, 0.1) is 0 Å². The minimum absolute atomic E-state index is 0.230. The highest BCUT2D eigenvalue weighted by Gasteiger charge is 2.10. The summed E-state index contributed by atoms with van der Waals surface area (Å²) < 4.78 is 5.94. The van der Waals surface area contributed by atoms with Crippen molar-refractivity contribution >= 4 is 15.9 Å². The van der Waals surface area contributed by atoms with Gasteiger partial charge in [-0.15, -0.1) is 0 Å². The largest absolute Gasteiger partial charge is 0.387 e. The molecular weight excluding hydrogens is 272 g/mol. The normalized spacial score (nSPS) is 10.8. The number of aliphatic hydroxyl groups is 1. The van der Waals surface area contributed by atoms with E-state index in [0.29, 0.717) is 5.82 Å². The summed E-state index contributed by atoms with van der Waals surface area (Å²) in [4.78, 5) is 4.07. The van der Waals surface area contributed by atoms with Gasteiger partial charge in [0.2, 0.25) is 5.82 Å². The van der Waals surface area contributed by atoms with Crippen molar-refractivity contribution in [3.05, 3.63) is 33.6 Å². The summed E-state index contributed by atoms with van der Waals surface area (Å²) in [7, 11) is 0. The van der Waals surface area contributed by atoms with Crippen LogP contribution in [0.3, 0.4) is 0 Å². The maximum Gasteiger partial charge on any atom is 0.252 e. The number of benzene rings is 1. The van der Waals surface area contributed by atoms with Gasteiger partial charge >= 0.3 is 0 Å². The maximum absolute atomic E-state index is 8.85. The molecule has 0 aliphatic carbocycles. The van der Waals surface area contributed by atoms with Crippen molar-refractivity contribution < 1.29 is 9.63 Å². The molecule has 1 heterocycles. The van der Waals surface area contributed by atoms with E-state index < -0.39 is 0 Å². The molecule has 0 saturated carbocycles. The molecule has 0 fully saturated rings. The molecule has 0 amide bonds. The van der Waals surface area contributed by atoms with E-state index in [4.69, 9.17) is 9.63 Å². The molecule has 0 radical (unpaired) electrons. The summed E-state index contributed by atoms with van der Waals surface area (Å²) in [5.74, 6) is 0.732. The van der Waals surface area contributed by atoms with Gasteiger partial charge in [0.1, 0.15) is 6.61 Å². The highest BCUT2D eigenvalue weighted by atomic mass is 79.9. The first kappa shape index (κ1) is 11.3. The van der Waals surface area contributed by atoms with Gasteiger partial charge in [-0.25, -0.2) is 0 Å². The Morgan fingerprint density at radius 3 is 2.44 bits per heavy atom. The minimum atomic E-state index is -0.235. The highest BCUT2D eigenvalue weighted by Crippen LogP contribution is 2.26. The second-order valence-electron chi connectivity index (χ2n) is 3.59. The van der Waals surface area contributed by atoms with Crippen molar-refractivity contribution in [3.8, 4) is 11.4 Å². The van der Waals surface area contributed by atoms with Crippen LogP contribution >= 0.6 is 15.9 Å². The quantitative estimate of drug-likeness (QED) is 0.920. The molecule has 1 aromatic heterocycles. The Bertz CT molecular complexity index is 499. The van der Waals surface area contributed by atoms with Gasteiger partial charge in [0, 0.05) is 10.0 Å². The molecule has 4 nitrogen and oxygen atoms in total. The third-order valence-electron chi connectivity index (χ3n) is 2.30. The molecule has 0 unspecified atom stereocenters. The van der Waals surface area contributed by atoms with Crippen LogP contribution in [0, 0.1) is 13.8 Å². The molecule has 5 heteroatoms. The number of hydrogen-bond acceptors (Lipinski definition) is 4. The second kappa shape index (κ2) is 4.35. The molecule has 0 spiro atoms. The zero-order valence-electron chi connectivity index (χ0n) is 8.99. The number of aryl methyl sites for hydroxylation is 2. The monoisotopic (exact) mass is 282 g/mol. The van der Waals surface area contributed by atoms with Crippen LogP contribution in [0.1, 0.15) is 17.0 Å².